The molecule has 3 N–H and O–H groups in total. The predicted octanol–water partition coefficient (Wildman–Crippen LogP) is 2.67. The first-order valence-corrected chi connectivity index (χ1v) is 7.33. The van der Waals surface area contributed by atoms with E-state index in [9.17, 15) is 0 Å². The molecule has 0 aromatic carbocycles. The molecule has 94 valence electrons. The molecule has 0 amide bonds. The van der Waals surface area contributed by atoms with Crippen LogP contribution in [0.5, 0.6) is 0 Å². The Morgan fingerprint density at radius 1 is 1.00 bits per heavy atom. The van der Waals surface area contributed by atoms with E-state index in [4.69, 9.17) is 5.73 Å². The van der Waals surface area contributed by atoms with Crippen LogP contribution < -0.4 is 11.1 Å². The first-order valence-electron chi connectivity index (χ1n) is 7.33. The van der Waals surface area contributed by atoms with Gasteiger partial charge in [-0.3, -0.25) is 0 Å². The maximum atomic E-state index is 5.79. The van der Waals surface area contributed by atoms with Crippen LogP contribution in [0.25, 0.3) is 0 Å². The Balaban J connectivity index is 1.53. The summed E-state index contributed by atoms with van der Waals surface area (Å²) in [5.74, 6) is 1.81. The topological polar surface area (TPSA) is 38.0 Å². The molecular weight excluding hydrogens is 196 g/mol. The van der Waals surface area contributed by atoms with E-state index >= 15 is 0 Å². The monoisotopic (exact) mass is 224 g/mol. The fourth-order valence-corrected chi connectivity index (χ4v) is 3.56. The largest absolute Gasteiger partial charge is 0.330 e. The van der Waals surface area contributed by atoms with Crippen LogP contribution in [0.4, 0.5) is 0 Å². The van der Waals surface area contributed by atoms with Gasteiger partial charge in [-0.15, -0.1) is 0 Å². The van der Waals surface area contributed by atoms with Gasteiger partial charge in [0.15, 0.2) is 0 Å². The zero-order valence-corrected chi connectivity index (χ0v) is 10.6. The van der Waals surface area contributed by atoms with Gasteiger partial charge in [0, 0.05) is 6.04 Å². The molecule has 2 aliphatic carbocycles. The molecule has 2 atom stereocenters. The number of hydrogen-bond donors (Lipinski definition) is 2. The molecule has 0 bridgehead atoms. The highest BCUT2D eigenvalue weighted by Crippen LogP contribution is 2.28. The summed E-state index contributed by atoms with van der Waals surface area (Å²) in [6.45, 7) is 2.10. The van der Waals surface area contributed by atoms with Gasteiger partial charge in [0.25, 0.3) is 0 Å². The van der Waals surface area contributed by atoms with Crippen LogP contribution in [0, 0.1) is 11.8 Å². The molecule has 2 rings (SSSR count). The average molecular weight is 224 g/mol. The summed E-state index contributed by atoms with van der Waals surface area (Å²) in [5.41, 5.74) is 5.79. The maximum Gasteiger partial charge on any atom is 0.0107 e. The summed E-state index contributed by atoms with van der Waals surface area (Å²) in [5, 5.41) is 3.73. The van der Waals surface area contributed by atoms with E-state index in [0.717, 1.165) is 24.4 Å². The van der Waals surface area contributed by atoms with Crippen molar-refractivity contribution in [2.45, 2.75) is 63.8 Å². The van der Waals surface area contributed by atoms with Crippen molar-refractivity contribution in [3.05, 3.63) is 0 Å². The van der Waals surface area contributed by atoms with Gasteiger partial charge in [-0.2, -0.15) is 0 Å². The molecule has 0 radical (unpaired) electrons. The second kappa shape index (κ2) is 6.61. The van der Waals surface area contributed by atoms with E-state index in [1.54, 1.807) is 0 Å². The van der Waals surface area contributed by atoms with Crippen LogP contribution in [0.3, 0.4) is 0 Å². The second-order valence-corrected chi connectivity index (χ2v) is 5.78. The second-order valence-electron chi connectivity index (χ2n) is 5.78. The van der Waals surface area contributed by atoms with Crippen molar-refractivity contribution in [2.24, 2.45) is 17.6 Å². The molecule has 2 heteroatoms. The molecule has 0 aromatic rings. The first kappa shape index (κ1) is 12.4. The van der Waals surface area contributed by atoms with Gasteiger partial charge in [0.1, 0.15) is 0 Å². The van der Waals surface area contributed by atoms with Gasteiger partial charge < -0.3 is 11.1 Å². The van der Waals surface area contributed by atoms with Crippen molar-refractivity contribution in [3.8, 4) is 0 Å². The summed E-state index contributed by atoms with van der Waals surface area (Å²) in [7, 11) is 0. The SMILES string of the molecule is NCC1CCCC1NCCCC1CCCC1. The summed E-state index contributed by atoms with van der Waals surface area (Å²) >= 11 is 0. The average Bonchev–Trinajstić information content (AvgIpc) is 2.95. The minimum Gasteiger partial charge on any atom is -0.330 e. The van der Waals surface area contributed by atoms with Crippen molar-refractivity contribution in [2.75, 3.05) is 13.1 Å². The molecule has 0 heterocycles. The molecule has 0 aromatic heterocycles. The first-order chi connectivity index (χ1) is 7.90. The normalized spacial score (nSPS) is 31.3. The van der Waals surface area contributed by atoms with Crippen molar-refractivity contribution in [1.82, 2.24) is 5.32 Å². The fraction of sp³-hybridized carbons (Fsp3) is 1.00. The Labute approximate surface area is 100 Å². The lowest BCUT2D eigenvalue weighted by molar-refractivity contribution is 0.389. The zero-order chi connectivity index (χ0) is 11.2. The van der Waals surface area contributed by atoms with Crippen molar-refractivity contribution in [1.29, 1.82) is 0 Å². The smallest absolute Gasteiger partial charge is 0.0107 e. The summed E-state index contributed by atoms with van der Waals surface area (Å²) in [4.78, 5) is 0. The Hall–Kier alpha value is -0.0800. The van der Waals surface area contributed by atoms with Crippen LogP contribution in [0.1, 0.15) is 57.8 Å². The summed E-state index contributed by atoms with van der Waals surface area (Å²) in [6, 6.07) is 0.730. The van der Waals surface area contributed by atoms with Crippen LogP contribution >= 0.6 is 0 Å². The lowest BCUT2D eigenvalue weighted by Gasteiger charge is -2.19. The van der Waals surface area contributed by atoms with E-state index in [1.807, 2.05) is 0 Å². The standard InChI is InChI=1S/C14H28N2/c15-11-13-8-3-9-14(13)16-10-4-7-12-5-1-2-6-12/h12-14,16H,1-11,15H2. The van der Waals surface area contributed by atoms with Gasteiger partial charge in [-0.25, -0.2) is 0 Å². The third-order valence-electron chi connectivity index (χ3n) is 4.63. The van der Waals surface area contributed by atoms with Crippen molar-refractivity contribution < 1.29 is 0 Å². The molecule has 16 heavy (non-hydrogen) atoms. The Bertz CT molecular complexity index is 187. The molecule has 0 aliphatic heterocycles. The molecule has 0 saturated heterocycles. The lowest BCUT2D eigenvalue weighted by Crippen LogP contribution is -2.36. The zero-order valence-electron chi connectivity index (χ0n) is 10.6. The molecule has 2 aliphatic rings. The van der Waals surface area contributed by atoms with E-state index in [1.165, 1.54) is 64.3 Å². The van der Waals surface area contributed by atoms with Crippen LogP contribution in [0.15, 0.2) is 0 Å². The molecule has 2 fully saturated rings. The van der Waals surface area contributed by atoms with E-state index in [2.05, 4.69) is 5.32 Å². The van der Waals surface area contributed by atoms with Gasteiger partial charge in [0.05, 0.1) is 0 Å². The highest BCUT2D eigenvalue weighted by molar-refractivity contribution is 4.83. The Morgan fingerprint density at radius 2 is 1.81 bits per heavy atom. The fourth-order valence-electron chi connectivity index (χ4n) is 3.56. The van der Waals surface area contributed by atoms with Crippen molar-refractivity contribution in [3.63, 3.8) is 0 Å². The van der Waals surface area contributed by atoms with Crippen LogP contribution in [0.2, 0.25) is 0 Å². The van der Waals surface area contributed by atoms with E-state index in [-0.39, 0.29) is 0 Å². The summed E-state index contributed by atoms with van der Waals surface area (Å²) in [6.07, 6.45) is 12.9. The molecule has 2 nitrogen and oxygen atoms in total. The predicted molar refractivity (Wildman–Crippen MR) is 69.4 cm³/mol. The summed E-state index contributed by atoms with van der Waals surface area (Å²) < 4.78 is 0. The molecular formula is C14H28N2. The van der Waals surface area contributed by atoms with E-state index in [0.29, 0.717) is 0 Å². The number of rotatable bonds is 6. The van der Waals surface area contributed by atoms with E-state index < -0.39 is 0 Å². The van der Waals surface area contributed by atoms with Crippen LogP contribution in [-0.2, 0) is 0 Å². The number of hydrogen-bond acceptors (Lipinski definition) is 2. The van der Waals surface area contributed by atoms with Gasteiger partial charge in [-0.1, -0.05) is 32.1 Å². The third kappa shape index (κ3) is 3.46. The number of nitrogens with two attached hydrogens (primary N) is 1. The van der Waals surface area contributed by atoms with Gasteiger partial charge >= 0.3 is 0 Å². The Kier molecular flexibility index (Phi) is 5.11. The minimum atomic E-state index is 0.730. The highest BCUT2D eigenvalue weighted by atomic mass is 14.9. The third-order valence-corrected chi connectivity index (χ3v) is 4.63. The number of nitrogens with one attached hydrogen (secondary N) is 1. The molecule has 2 saturated carbocycles. The van der Waals surface area contributed by atoms with Gasteiger partial charge in [-0.05, 0) is 50.6 Å². The lowest BCUT2D eigenvalue weighted by atomic mass is 10.0. The minimum absolute atomic E-state index is 0.730. The van der Waals surface area contributed by atoms with Crippen LogP contribution in [-0.4, -0.2) is 19.1 Å². The maximum absolute atomic E-state index is 5.79. The highest BCUT2D eigenvalue weighted by Gasteiger charge is 2.25. The molecule has 2 unspecified atom stereocenters. The van der Waals surface area contributed by atoms with Crippen molar-refractivity contribution >= 4 is 0 Å². The quantitative estimate of drug-likeness (QED) is 0.681. The molecule has 0 spiro atoms. The van der Waals surface area contributed by atoms with Gasteiger partial charge in [0.2, 0.25) is 0 Å². The Morgan fingerprint density at radius 3 is 2.56 bits per heavy atom.